The van der Waals surface area contributed by atoms with Gasteiger partial charge in [0.05, 0.1) is 19.2 Å². The third kappa shape index (κ3) is 2.53. The third-order valence-electron chi connectivity index (χ3n) is 1.91. The summed E-state index contributed by atoms with van der Waals surface area (Å²) in [5.74, 6) is 0.886. The van der Waals surface area contributed by atoms with E-state index in [0.29, 0.717) is 13.1 Å². The van der Waals surface area contributed by atoms with Crippen LogP contribution in [0.3, 0.4) is 0 Å². The second-order valence-corrected chi connectivity index (χ2v) is 2.76. The molecule has 0 N–H and O–H groups in total. The lowest BCUT2D eigenvalue weighted by molar-refractivity contribution is 0.301. The van der Waals surface area contributed by atoms with Gasteiger partial charge in [-0.15, -0.1) is 0 Å². The van der Waals surface area contributed by atoms with E-state index >= 15 is 0 Å². The molecule has 0 saturated carbocycles. The summed E-state index contributed by atoms with van der Waals surface area (Å²) >= 11 is 0. The van der Waals surface area contributed by atoms with Crippen molar-refractivity contribution in [3.05, 3.63) is 12.2 Å². The van der Waals surface area contributed by atoms with Crippen molar-refractivity contribution in [3.63, 3.8) is 0 Å². The van der Waals surface area contributed by atoms with Crippen LogP contribution in [0.4, 0.5) is 0 Å². The van der Waals surface area contributed by atoms with E-state index in [1.54, 1.807) is 4.68 Å². The molecular weight excluding hydrogens is 166 g/mol. The number of nitrogens with zero attached hydrogens (tertiary/aromatic N) is 5. The molecule has 0 aliphatic carbocycles. The van der Waals surface area contributed by atoms with Crippen LogP contribution in [0.15, 0.2) is 6.33 Å². The monoisotopic (exact) mass is 179 g/mol. The third-order valence-corrected chi connectivity index (χ3v) is 1.91. The Bertz CT molecular complexity index is 298. The molecule has 0 aromatic carbocycles. The van der Waals surface area contributed by atoms with Crippen molar-refractivity contribution in [2.24, 2.45) is 7.05 Å². The van der Waals surface area contributed by atoms with Crippen molar-refractivity contribution < 1.29 is 0 Å². The summed E-state index contributed by atoms with van der Waals surface area (Å²) in [7, 11) is 1.85. The van der Waals surface area contributed by atoms with E-state index in [0.717, 1.165) is 12.4 Å². The number of rotatable bonds is 4. The van der Waals surface area contributed by atoms with Gasteiger partial charge in [-0.05, 0) is 6.54 Å². The molecule has 0 bridgehead atoms. The molecule has 0 aliphatic heterocycles. The summed E-state index contributed by atoms with van der Waals surface area (Å²) in [6, 6.07) is 2.12. The second-order valence-electron chi connectivity index (χ2n) is 2.76. The van der Waals surface area contributed by atoms with Crippen molar-refractivity contribution in [1.82, 2.24) is 19.7 Å². The molecule has 0 amide bonds. The van der Waals surface area contributed by atoms with Gasteiger partial charge in [0.15, 0.2) is 0 Å². The van der Waals surface area contributed by atoms with Gasteiger partial charge >= 0.3 is 0 Å². The highest BCUT2D eigenvalue weighted by molar-refractivity contribution is 4.86. The molecule has 0 spiro atoms. The fourth-order valence-corrected chi connectivity index (χ4v) is 1.04. The van der Waals surface area contributed by atoms with Gasteiger partial charge in [-0.1, -0.05) is 6.92 Å². The fourth-order valence-electron chi connectivity index (χ4n) is 1.04. The Hall–Kier alpha value is -1.41. The maximum atomic E-state index is 8.53. The lowest BCUT2D eigenvalue weighted by atomic mass is 10.4. The first-order valence-corrected chi connectivity index (χ1v) is 4.20. The molecule has 1 rings (SSSR count). The highest BCUT2D eigenvalue weighted by atomic mass is 15.3. The molecule has 5 heteroatoms. The van der Waals surface area contributed by atoms with Gasteiger partial charge < -0.3 is 0 Å². The molecule has 0 fully saturated rings. The zero-order chi connectivity index (χ0) is 9.68. The Morgan fingerprint density at radius 1 is 1.69 bits per heavy atom. The summed E-state index contributed by atoms with van der Waals surface area (Å²) < 4.78 is 1.72. The topological polar surface area (TPSA) is 57.7 Å². The van der Waals surface area contributed by atoms with E-state index < -0.39 is 0 Å². The number of aromatic nitrogens is 3. The van der Waals surface area contributed by atoms with Gasteiger partial charge in [0.2, 0.25) is 0 Å². The molecule has 1 aromatic rings. The van der Waals surface area contributed by atoms with Gasteiger partial charge in [-0.3, -0.25) is 9.58 Å². The van der Waals surface area contributed by atoms with Crippen LogP contribution < -0.4 is 0 Å². The van der Waals surface area contributed by atoms with Crippen LogP contribution in [0.2, 0.25) is 0 Å². The van der Waals surface area contributed by atoms with Gasteiger partial charge in [0.25, 0.3) is 0 Å². The first kappa shape index (κ1) is 9.68. The maximum Gasteiger partial charge on any atom is 0.140 e. The zero-order valence-corrected chi connectivity index (χ0v) is 7.93. The van der Waals surface area contributed by atoms with E-state index in [-0.39, 0.29) is 0 Å². The molecule has 70 valence electrons. The van der Waals surface area contributed by atoms with Crippen molar-refractivity contribution in [1.29, 1.82) is 5.26 Å². The molecule has 0 saturated heterocycles. The van der Waals surface area contributed by atoms with Gasteiger partial charge in [0.1, 0.15) is 12.2 Å². The molecule has 0 unspecified atom stereocenters. The summed E-state index contributed by atoms with van der Waals surface area (Å²) in [6.45, 7) is 3.98. The van der Waals surface area contributed by atoms with Crippen molar-refractivity contribution in [2.45, 2.75) is 13.5 Å². The maximum absolute atomic E-state index is 8.53. The minimum Gasteiger partial charge on any atom is -0.283 e. The number of hydrogen-bond donors (Lipinski definition) is 0. The largest absolute Gasteiger partial charge is 0.283 e. The fraction of sp³-hybridized carbons (Fsp3) is 0.625. The Morgan fingerprint density at radius 2 is 2.46 bits per heavy atom. The average Bonchev–Trinajstić information content (AvgIpc) is 2.51. The van der Waals surface area contributed by atoms with Crippen molar-refractivity contribution in [3.8, 4) is 6.07 Å². The Kier molecular flexibility index (Phi) is 3.41. The lowest BCUT2D eigenvalue weighted by Gasteiger charge is -2.14. The number of hydrogen-bond acceptors (Lipinski definition) is 4. The van der Waals surface area contributed by atoms with Crippen molar-refractivity contribution >= 4 is 0 Å². The lowest BCUT2D eigenvalue weighted by Crippen LogP contribution is -2.24. The van der Waals surface area contributed by atoms with Crippen LogP contribution in [-0.4, -0.2) is 32.8 Å². The smallest absolute Gasteiger partial charge is 0.140 e. The SMILES string of the molecule is CCN(CC#N)Cc1ncnn1C. The normalized spacial score (nSPS) is 10.3. The minimum atomic E-state index is 0.434. The van der Waals surface area contributed by atoms with Gasteiger partial charge in [-0.2, -0.15) is 10.4 Å². The van der Waals surface area contributed by atoms with Crippen LogP contribution >= 0.6 is 0 Å². The van der Waals surface area contributed by atoms with Gasteiger partial charge in [-0.25, -0.2) is 4.98 Å². The van der Waals surface area contributed by atoms with Crippen LogP contribution in [0.25, 0.3) is 0 Å². The number of nitriles is 1. The molecule has 0 aliphatic rings. The first-order valence-electron chi connectivity index (χ1n) is 4.20. The summed E-state index contributed by atoms with van der Waals surface area (Å²) in [6.07, 6.45) is 1.52. The zero-order valence-electron chi connectivity index (χ0n) is 7.93. The average molecular weight is 179 g/mol. The van der Waals surface area contributed by atoms with E-state index in [2.05, 4.69) is 16.2 Å². The Labute approximate surface area is 77.6 Å². The summed E-state index contributed by atoms with van der Waals surface area (Å²) in [5, 5.41) is 12.5. The second kappa shape index (κ2) is 4.58. The molecule has 0 radical (unpaired) electrons. The van der Waals surface area contributed by atoms with Crippen LogP contribution in [0, 0.1) is 11.3 Å². The highest BCUT2D eigenvalue weighted by Gasteiger charge is 2.06. The number of aryl methyl sites for hydroxylation is 1. The molecule has 1 heterocycles. The van der Waals surface area contributed by atoms with Crippen LogP contribution in [0.1, 0.15) is 12.7 Å². The predicted octanol–water partition coefficient (Wildman–Crippen LogP) is 0.161. The Balaban J connectivity index is 2.57. The molecule has 5 nitrogen and oxygen atoms in total. The highest BCUT2D eigenvalue weighted by Crippen LogP contribution is 1.98. The summed E-state index contributed by atoms with van der Waals surface area (Å²) in [5.41, 5.74) is 0. The molecule has 13 heavy (non-hydrogen) atoms. The van der Waals surface area contributed by atoms with Gasteiger partial charge in [0, 0.05) is 7.05 Å². The standard InChI is InChI=1S/C8H13N5/c1-3-13(5-4-9)6-8-10-7-11-12(8)2/h7H,3,5-6H2,1-2H3. The molecule has 0 atom stereocenters. The van der Waals surface area contributed by atoms with Crippen LogP contribution in [0.5, 0.6) is 0 Å². The van der Waals surface area contributed by atoms with Crippen LogP contribution in [-0.2, 0) is 13.6 Å². The van der Waals surface area contributed by atoms with E-state index in [4.69, 9.17) is 5.26 Å². The Morgan fingerprint density at radius 3 is 2.92 bits per heavy atom. The van der Waals surface area contributed by atoms with Crippen molar-refractivity contribution in [2.75, 3.05) is 13.1 Å². The van der Waals surface area contributed by atoms with E-state index in [1.807, 2.05) is 18.9 Å². The summed E-state index contributed by atoms with van der Waals surface area (Å²) in [4.78, 5) is 6.09. The molecule has 1 aromatic heterocycles. The molecular formula is C8H13N5. The van der Waals surface area contributed by atoms with E-state index in [1.165, 1.54) is 6.33 Å². The quantitative estimate of drug-likeness (QED) is 0.618. The van der Waals surface area contributed by atoms with E-state index in [9.17, 15) is 0 Å². The minimum absolute atomic E-state index is 0.434. The first-order chi connectivity index (χ1) is 6.27. The predicted molar refractivity (Wildman–Crippen MR) is 47.6 cm³/mol.